The van der Waals surface area contributed by atoms with Gasteiger partial charge in [-0.2, -0.15) is 0 Å². The molecule has 73 heavy (non-hydrogen) atoms. The third kappa shape index (κ3) is 16.4. The van der Waals surface area contributed by atoms with Crippen molar-refractivity contribution in [2.45, 2.75) is 210 Å². The molecule has 5 aromatic carbocycles. The van der Waals surface area contributed by atoms with Crippen LogP contribution in [-0.2, 0) is 27.1 Å². The summed E-state index contributed by atoms with van der Waals surface area (Å²) in [5, 5.41) is 0. The minimum Gasteiger partial charge on any atom is -0.251 e. The number of benzene rings is 5. The lowest BCUT2D eigenvalue weighted by Gasteiger charge is -2.31. The molecule has 400 valence electrons. The fourth-order valence-electron chi connectivity index (χ4n) is 11.3. The highest BCUT2D eigenvalue weighted by Crippen LogP contribution is 2.42. The minimum atomic E-state index is -0.558. The van der Waals surface area contributed by atoms with Gasteiger partial charge in [0.15, 0.2) is 0 Å². The van der Waals surface area contributed by atoms with Crippen molar-refractivity contribution in [3.05, 3.63) is 177 Å². The Kier molecular flexibility index (Phi) is 21.6. The average Bonchev–Trinajstić information content (AvgIpc) is 3.37. The van der Waals surface area contributed by atoms with Gasteiger partial charge in [0.25, 0.3) is 0 Å². The van der Waals surface area contributed by atoms with Crippen LogP contribution >= 0.6 is 0 Å². The summed E-state index contributed by atoms with van der Waals surface area (Å²) >= 11 is 0. The molecule has 0 radical (unpaired) electrons. The van der Waals surface area contributed by atoms with Gasteiger partial charge in [-0.15, -0.1) is 0 Å². The molecule has 5 heteroatoms. The van der Waals surface area contributed by atoms with Crippen molar-refractivity contribution < 1.29 is 22.0 Å². The van der Waals surface area contributed by atoms with Crippen LogP contribution < -0.4 is 0 Å². The Labute approximate surface area is 440 Å². The molecule has 4 atom stereocenters. The smallest absolute Gasteiger partial charge is 0.0985 e. The minimum absolute atomic E-state index is 0.0860. The molecule has 0 fully saturated rings. The van der Waals surface area contributed by atoms with Crippen molar-refractivity contribution in [3.63, 3.8) is 0 Å². The van der Waals surface area contributed by atoms with E-state index in [1.54, 1.807) is 0 Å². The van der Waals surface area contributed by atoms with E-state index in [1.165, 1.54) is 27.8 Å². The Morgan fingerprint density at radius 2 is 0.616 bits per heavy atom. The molecule has 0 aromatic heterocycles. The first-order chi connectivity index (χ1) is 34.5. The van der Waals surface area contributed by atoms with Crippen LogP contribution in [-0.4, -0.2) is 33.4 Å². The molecule has 0 amide bonds. The van der Waals surface area contributed by atoms with E-state index in [0.717, 1.165) is 79.2 Å². The van der Waals surface area contributed by atoms with E-state index in [2.05, 4.69) is 178 Å². The Hall–Kier alpha value is -4.25. The summed E-state index contributed by atoms with van der Waals surface area (Å²) in [4.78, 5) is 0. The number of rotatable bonds is 30. The molecule has 5 rings (SSSR count). The maximum Gasteiger partial charge on any atom is 0.0985 e. The van der Waals surface area contributed by atoms with Crippen LogP contribution in [0.1, 0.15) is 239 Å². The lowest BCUT2D eigenvalue weighted by atomic mass is 9.73. The molecule has 0 nitrogen and oxygen atoms in total. The van der Waals surface area contributed by atoms with Crippen LogP contribution in [0.25, 0.3) is 0 Å². The topological polar surface area (TPSA) is 0 Å². The van der Waals surface area contributed by atoms with Gasteiger partial charge in [-0.25, -0.2) is 0 Å². The number of hydrogen-bond acceptors (Lipinski definition) is 0. The van der Waals surface area contributed by atoms with Crippen LogP contribution in [0.4, 0.5) is 22.0 Å². The zero-order chi connectivity index (χ0) is 53.6. The largest absolute Gasteiger partial charge is 0.251 e. The lowest BCUT2D eigenvalue weighted by molar-refractivity contribution is 0.350. The third-order valence-electron chi connectivity index (χ3n) is 17.3. The van der Waals surface area contributed by atoms with Gasteiger partial charge in [0.1, 0.15) is 0 Å². The first kappa shape index (κ1) is 59.6. The molecule has 4 unspecified atom stereocenters. The van der Waals surface area contributed by atoms with Crippen molar-refractivity contribution in [2.24, 2.45) is 0 Å². The fourth-order valence-corrected chi connectivity index (χ4v) is 11.3. The van der Waals surface area contributed by atoms with Gasteiger partial charge >= 0.3 is 0 Å². The Balaban J connectivity index is 1.33. The molecular weight excluding hydrogens is 912 g/mol. The van der Waals surface area contributed by atoms with E-state index >= 15 is 0 Å². The standard InChI is InChI=1S/C68H93F5/c1-49(2)50-16-26-62(27-17-50)67(9,10)46-58(47-72)56-24-32-60(33-25-56)64(3,4)40-36-51(14-13-15-52(38-43-69)54-22-34-63(35-23-54)68(11,12)48-73)53-18-28-59(29-19-53)65(5,6)41-37-57(39-44-70)55-20-30-61(31-21-55)66(7,8)42-45-71/h16-35,49,51-52,57-58H,13-15,36-48H2,1-12H3. The summed E-state index contributed by atoms with van der Waals surface area (Å²) in [6.07, 6.45) is 8.62. The first-order valence-corrected chi connectivity index (χ1v) is 27.8. The summed E-state index contributed by atoms with van der Waals surface area (Å²) in [7, 11) is 0. The number of hydrogen-bond donors (Lipinski definition) is 0. The predicted molar refractivity (Wildman–Crippen MR) is 303 cm³/mol. The lowest BCUT2D eigenvalue weighted by Crippen LogP contribution is -2.22. The first-order valence-electron chi connectivity index (χ1n) is 27.8. The predicted octanol–water partition coefficient (Wildman–Crippen LogP) is 20.5. The third-order valence-corrected chi connectivity index (χ3v) is 17.3. The van der Waals surface area contributed by atoms with Crippen molar-refractivity contribution >= 4 is 0 Å². The van der Waals surface area contributed by atoms with Crippen molar-refractivity contribution in [2.75, 3.05) is 33.4 Å². The van der Waals surface area contributed by atoms with Gasteiger partial charge < -0.3 is 0 Å². The molecule has 0 N–H and O–H groups in total. The highest BCUT2D eigenvalue weighted by Gasteiger charge is 2.30. The van der Waals surface area contributed by atoms with Gasteiger partial charge in [0.05, 0.1) is 33.4 Å². The van der Waals surface area contributed by atoms with E-state index in [-0.39, 0.29) is 65.4 Å². The second-order valence-corrected chi connectivity index (χ2v) is 25.4. The second-order valence-electron chi connectivity index (χ2n) is 25.4. The van der Waals surface area contributed by atoms with E-state index in [4.69, 9.17) is 0 Å². The monoisotopic (exact) mass is 1000 g/mol. The van der Waals surface area contributed by atoms with E-state index in [1.807, 2.05) is 26.0 Å². The summed E-state index contributed by atoms with van der Waals surface area (Å²) in [6.45, 7) is 24.1. The summed E-state index contributed by atoms with van der Waals surface area (Å²) in [6, 6.07) is 43.5. The van der Waals surface area contributed by atoms with Gasteiger partial charge in [0, 0.05) is 11.3 Å². The molecular formula is C68H93F5. The molecule has 0 aliphatic carbocycles. The molecule has 0 aliphatic rings. The summed E-state index contributed by atoms with van der Waals surface area (Å²) < 4.78 is 70.1. The zero-order valence-electron chi connectivity index (χ0n) is 47.1. The van der Waals surface area contributed by atoms with Crippen LogP contribution in [0.5, 0.6) is 0 Å². The highest BCUT2D eigenvalue weighted by molar-refractivity contribution is 5.36. The van der Waals surface area contributed by atoms with Gasteiger partial charge in [0.2, 0.25) is 0 Å². The van der Waals surface area contributed by atoms with Gasteiger partial charge in [-0.05, 0) is 165 Å². The Bertz CT molecular complexity index is 2350. The van der Waals surface area contributed by atoms with Crippen molar-refractivity contribution in [1.29, 1.82) is 0 Å². The van der Waals surface area contributed by atoms with Crippen LogP contribution in [0, 0.1) is 0 Å². The SMILES string of the molecule is CC(C)c1ccc(C(C)(C)CC(CF)c2ccc(C(C)(C)CCC(CCCC(CCF)c3ccc(C(C)(C)CF)cc3)c3ccc(C(C)(C)CCC(CCF)c4ccc(C(C)(C)CCF)cc4)cc3)cc2)cc1. The van der Waals surface area contributed by atoms with Crippen molar-refractivity contribution in [3.8, 4) is 0 Å². The number of alkyl halides is 5. The Morgan fingerprint density at radius 1 is 0.315 bits per heavy atom. The molecule has 0 saturated heterocycles. The molecule has 0 heterocycles. The molecule has 0 spiro atoms. The fraction of sp³-hybridized carbons (Fsp3) is 0.559. The second kappa shape index (κ2) is 26.5. The maximum absolute atomic E-state index is 14.9. The summed E-state index contributed by atoms with van der Waals surface area (Å²) in [5.74, 6) is 0.742. The van der Waals surface area contributed by atoms with Gasteiger partial charge in [-0.1, -0.05) is 211 Å². The van der Waals surface area contributed by atoms with Crippen LogP contribution in [0.3, 0.4) is 0 Å². The van der Waals surface area contributed by atoms with Crippen molar-refractivity contribution in [1.82, 2.24) is 0 Å². The highest BCUT2D eigenvalue weighted by atomic mass is 19.1. The molecule has 5 aromatic rings. The maximum atomic E-state index is 14.9. The molecule has 0 saturated carbocycles. The van der Waals surface area contributed by atoms with E-state index < -0.39 is 18.8 Å². The van der Waals surface area contributed by atoms with Crippen LogP contribution in [0.15, 0.2) is 121 Å². The zero-order valence-corrected chi connectivity index (χ0v) is 47.1. The number of halogens is 5. The van der Waals surface area contributed by atoms with Crippen LogP contribution in [0.2, 0.25) is 0 Å². The normalized spacial score (nSPS) is 14.6. The summed E-state index contributed by atoms with van der Waals surface area (Å²) in [5.41, 5.74) is 10.5. The molecule has 0 aliphatic heterocycles. The average molecular weight is 1010 g/mol. The molecule has 0 bridgehead atoms. The van der Waals surface area contributed by atoms with E-state index in [9.17, 15) is 22.0 Å². The van der Waals surface area contributed by atoms with E-state index in [0.29, 0.717) is 25.2 Å². The quantitative estimate of drug-likeness (QED) is 0.0402. The van der Waals surface area contributed by atoms with Gasteiger partial charge in [-0.3, -0.25) is 22.0 Å². The Morgan fingerprint density at radius 3 is 0.945 bits per heavy atom.